The maximum atomic E-state index is 4.55. The van der Waals surface area contributed by atoms with E-state index in [1.54, 1.807) is 6.33 Å². The van der Waals surface area contributed by atoms with Crippen LogP contribution in [0.3, 0.4) is 0 Å². The molecule has 5 heteroatoms. The third-order valence-corrected chi connectivity index (χ3v) is 4.57. The van der Waals surface area contributed by atoms with Crippen LogP contribution < -0.4 is 10.2 Å². The minimum atomic E-state index is 0.658. The molecule has 1 aliphatic heterocycles. The van der Waals surface area contributed by atoms with Gasteiger partial charge in [-0.1, -0.05) is 20.8 Å². The predicted octanol–water partition coefficient (Wildman–Crippen LogP) is 2.80. The Bertz CT molecular complexity index is 414. The van der Waals surface area contributed by atoms with Crippen LogP contribution in [0.2, 0.25) is 0 Å². The van der Waals surface area contributed by atoms with Gasteiger partial charge in [0.25, 0.3) is 0 Å². The first-order valence-electron chi connectivity index (χ1n) is 7.13. The van der Waals surface area contributed by atoms with Gasteiger partial charge in [0.15, 0.2) is 0 Å². The molecule has 1 aliphatic rings. The Morgan fingerprint density at radius 2 is 1.95 bits per heavy atom. The molecule has 2 heterocycles. The van der Waals surface area contributed by atoms with E-state index < -0.39 is 0 Å². The molecule has 2 unspecified atom stereocenters. The average Bonchev–Trinajstić information content (AvgIpc) is 2.37. The summed E-state index contributed by atoms with van der Waals surface area (Å²) in [4.78, 5) is 11.4. The van der Waals surface area contributed by atoms with Crippen molar-refractivity contribution in [3.8, 4) is 0 Å². The Labute approximate surface area is 120 Å². The lowest BCUT2D eigenvalue weighted by Crippen LogP contribution is -2.41. The first-order valence-corrected chi connectivity index (χ1v) is 8.08. The van der Waals surface area contributed by atoms with Crippen molar-refractivity contribution in [3.05, 3.63) is 11.9 Å². The third kappa shape index (κ3) is 3.32. The topological polar surface area (TPSA) is 41.1 Å². The number of aromatic nitrogens is 2. The van der Waals surface area contributed by atoms with E-state index in [0.717, 1.165) is 37.7 Å². The molecule has 1 saturated heterocycles. The molecule has 0 aromatic carbocycles. The summed E-state index contributed by atoms with van der Waals surface area (Å²) in [7, 11) is 0. The van der Waals surface area contributed by atoms with Gasteiger partial charge in [0, 0.05) is 35.7 Å². The molecule has 19 heavy (non-hydrogen) atoms. The molecule has 4 nitrogen and oxygen atoms in total. The second-order valence-electron chi connectivity index (χ2n) is 5.07. The van der Waals surface area contributed by atoms with E-state index in [0.29, 0.717) is 10.5 Å². The summed E-state index contributed by atoms with van der Waals surface area (Å²) in [5.74, 6) is 2.11. The minimum absolute atomic E-state index is 0.658. The Morgan fingerprint density at radius 3 is 2.53 bits per heavy atom. The molecule has 0 radical (unpaired) electrons. The first kappa shape index (κ1) is 14.4. The fourth-order valence-corrected chi connectivity index (χ4v) is 4.00. The SMILES string of the molecule is CCNc1ncnc(N2CC(C)SC(C)C2)c1CC. The minimum Gasteiger partial charge on any atom is -0.370 e. The van der Waals surface area contributed by atoms with Gasteiger partial charge in [0.05, 0.1) is 0 Å². The van der Waals surface area contributed by atoms with Crippen molar-refractivity contribution in [2.45, 2.75) is 44.6 Å². The molecule has 106 valence electrons. The van der Waals surface area contributed by atoms with Gasteiger partial charge in [-0.15, -0.1) is 0 Å². The van der Waals surface area contributed by atoms with Gasteiger partial charge >= 0.3 is 0 Å². The molecule has 0 saturated carbocycles. The number of nitrogens with one attached hydrogen (secondary N) is 1. The summed E-state index contributed by atoms with van der Waals surface area (Å²) in [5, 5.41) is 4.66. The maximum Gasteiger partial charge on any atom is 0.137 e. The van der Waals surface area contributed by atoms with Crippen molar-refractivity contribution in [2.24, 2.45) is 0 Å². The van der Waals surface area contributed by atoms with E-state index in [9.17, 15) is 0 Å². The molecule has 1 N–H and O–H groups in total. The summed E-state index contributed by atoms with van der Waals surface area (Å²) in [6, 6.07) is 0. The number of rotatable bonds is 4. The van der Waals surface area contributed by atoms with Crippen LogP contribution in [0.15, 0.2) is 6.33 Å². The zero-order valence-electron chi connectivity index (χ0n) is 12.3. The van der Waals surface area contributed by atoms with E-state index in [4.69, 9.17) is 0 Å². The van der Waals surface area contributed by atoms with Gasteiger partial charge in [-0.05, 0) is 13.3 Å². The van der Waals surface area contributed by atoms with Crippen LogP contribution in [0, 0.1) is 0 Å². The molecule has 0 amide bonds. The Morgan fingerprint density at radius 1 is 1.26 bits per heavy atom. The summed E-state index contributed by atoms with van der Waals surface area (Å²) < 4.78 is 0. The highest BCUT2D eigenvalue weighted by molar-refractivity contribution is 8.00. The van der Waals surface area contributed by atoms with Crippen LogP contribution >= 0.6 is 11.8 Å². The molecule has 2 atom stereocenters. The smallest absolute Gasteiger partial charge is 0.137 e. The number of anilines is 2. The van der Waals surface area contributed by atoms with E-state index in [-0.39, 0.29) is 0 Å². The van der Waals surface area contributed by atoms with Crippen LogP contribution in [0.5, 0.6) is 0 Å². The van der Waals surface area contributed by atoms with Crippen LogP contribution in [0.1, 0.15) is 33.3 Å². The molecular weight excluding hydrogens is 256 g/mol. The lowest BCUT2D eigenvalue weighted by molar-refractivity contribution is 0.712. The zero-order valence-corrected chi connectivity index (χ0v) is 13.1. The second-order valence-corrected chi connectivity index (χ2v) is 6.95. The highest BCUT2D eigenvalue weighted by atomic mass is 32.2. The standard InChI is InChI=1S/C14H24N4S/c1-5-12-13(15-6-2)16-9-17-14(12)18-7-10(3)19-11(4)8-18/h9-11H,5-8H2,1-4H3,(H,15,16,17). The number of nitrogens with zero attached hydrogens (tertiary/aromatic N) is 3. The van der Waals surface area contributed by atoms with E-state index in [2.05, 4.69) is 59.6 Å². The highest BCUT2D eigenvalue weighted by Crippen LogP contribution is 2.31. The van der Waals surface area contributed by atoms with Crippen LogP contribution in [0.4, 0.5) is 11.6 Å². The third-order valence-electron chi connectivity index (χ3n) is 3.34. The molecule has 0 bridgehead atoms. The Balaban J connectivity index is 2.30. The Kier molecular flexibility index (Phi) is 4.91. The predicted molar refractivity (Wildman–Crippen MR) is 84.3 cm³/mol. The normalized spacial score (nSPS) is 23.5. The van der Waals surface area contributed by atoms with Crippen molar-refractivity contribution < 1.29 is 0 Å². The lowest BCUT2D eigenvalue weighted by atomic mass is 10.2. The van der Waals surface area contributed by atoms with Gasteiger partial charge < -0.3 is 10.2 Å². The summed E-state index contributed by atoms with van der Waals surface area (Å²) >= 11 is 2.07. The number of thioether (sulfide) groups is 1. The molecule has 0 spiro atoms. The van der Waals surface area contributed by atoms with Crippen LogP contribution in [0.25, 0.3) is 0 Å². The number of hydrogen-bond donors (Lipinski definition) is 1. The van der Waals surface area contributed by atoms with Crippen molar-refractivity contribution in [1.29, 1.82) is 0 Å². The number of hydrogen-bond acceptors (Lipinski definition) is 5. The van der Waals surface area contributed by atoms with Crippen molar-refractivity contribution >= 4 is 23.4 Å². The molecule has 1 fully saturated rings. The largest absolute Gasteiger partial charge is 0.370 e. The van der Waals surface area contributed by atoms with Crippen LogP contribution in [-0.2, 0) is 6.42 Å². The van der Waals surface area contributed by atoms with E-state index >= 15 is 0 Å². The average molecular weight is 280 g/mol. The van der Waals surface area contributed by atoms with Gasteiger partial charge in [0.1, 0.15) is 18.0 Å². The zero-order chi connectivity index (χ0) is 13.8. The highest BCUT2D eigenvalue weighted by Gasteiger charge is 2.25. The van der Waals surface area contributed by atoms with Crippen molar-refractivity contribution in [1.82, 2.24) is 9.97 Å². The van der Waals surface area contributed by atoms with Crippen LogP contribution in [-0.4, -0.2) is 40.1 Å². The fourth-order valence-electron chi connectivity index (χ4n) is 2.67. The molecule has 2 rings (SSSR count). The van der Waals surface area contributed by atoms with Gasteiger partial charge in [0.2, 0.25) is 0 Å². The first-order chi connectivity index (χ1) is 9.15. The molecule has 1 aromatic heterocycles. The van der Waals surface area contributed by atoms with E-state index in [1.165, 1.54) is 5.56 Å². The quantitative estimate of drug-likeness (QED) is 0.918. The lowest BCUT2D eigenvalue weighted by Gasteiger charge is -2.36. The summed E-state index contributed by atoms with van der Waals surface area (Å²) in [6.45, 7) is 11.9. The monoisotopic (exact) mass is 280 g/mol. The second kappa shape index (κ2) is 6.46. The molecule has 1 aromatic rings. The molecule has 0 aliphatic carbocycles. The van der Waals surface area contributed by atoms with Crippen molar-refractivity contribution in [3.63, 3.8) is 0 Å². The fraction of sp³-hybridized carbons (Fsp3) is 0.714. The van der Waals surface area contributed by atoms with E-state index in [1.807, 2.05) is 0 Å². The van der Waals surface area contributed by atoms with Gasteiger partial charge in [-0.25, -0.2) is 9.97 Å². The van der Waals surface area contributed by atoms with Gasteiger partial charge in [-0.3, -0.25) is 0 Å². The summed E-state index contributed by atoms with van der Waals surface area (Å²) in [5.41, 5.74) is 1.25. The maximum absolute atomic E-state index is 4.55. The Hall–Kier alpha value is -0.970. The van der Waals surface area contributed by atoms with Crippen molar-refractivity contribution in [2.75, 3.05) is 29.9 Å². The van der Waals surface area contributed by atoms with Gasteiger partial charge in [-0.2, -0.15) is 11.8 Å². The molecular formula is C14H24N4S. The summed E-state index contributed by atoms with van der Waals surface area (Å²) in [6.07, 6.45) is 2.65.